The second-order valence-corrected chi connectivity index (χ2v) is 4.22. The lowest BCUT2D eigenvalue weighted by atomic mass is 10.1. The standard InChI is InChI=1S/C13H9N.C2H3ClO2/c1-3-7-12-10(5-1)9-11-6-2-4-8-13(11)14-12;3-1-2(4)5/h1-9H;1H2,(H,4,5). The number of aromatic nitrogens is 1. The Morgan fingerprint density at radius 3 is 1.84 bits per heavy atom. The Bertz CT molecular complexity index is 607. The number of pyridine rings is 1. The molecule has 0 spiro atoms. The Balaban J connectivity index is 0.000000232. The molecule has 2 aromatic carbocycles. The number of hydrogen-bond donors (Lipinski definition) is 0. The Morgan fingerprint density at radius 1 is 1.00 bits per heavy atom. The molecule has 0 saturated heterocycles. The van der Waals surface area contributed by atoms with Gasteiger partial charge in [0.2, 0.25) is 11.0 Å². The van der Waals surface area contributed by atoms with Crippen LogP contribution in [0.1, 0.15) is 0 Å². The van der Waals surface area contributed by atoms with Crippen molar-refractivity contribution in [1.82, 2.24) is 0 Å². The summed E-state index contributed by atoms with van der Waals surface area (Å²) >= 11 is 4.67. The van der Waals surface area contributed by atoms with Crippen molar-refractivity contribution in [3.8, 4) is 0 Å². The van der Waals surface area contributed by atoms with E-state index in [0.717, 1.165) is 0 Å². The van der Waals surface area contributed by atoms with E-state index in [4.69, 9.17) is 9.90 Å². The fourth-order valence-electron chi connectivity index (χ4n) is 1.79. The van der Waals surface area contributed by atoms with Gasteiger partial charge in [0.25, 0.3) is 0 Å². The lowest BCUT2D eigenvalue weighted by Crippen LogP contribution is -2.23. The minimum absolute atomic E-state index is 0.417. The molecule has 96 valence electrons. The van der Waals surface area contributed by atoms with Gasteiger partial charge in [0.05, 0.1) is 11.8 Å². The van der Waals surface area contributed by atoms with Crippen molar-refractivity contribution < 1.29 is 14.9 Å². The third kappa shape index (κ3) is 3.42. The maximum Gasteiger partial charge on any atom is 0.211 e. The average Bonchev–Trinajstić information content (AvgIpc) is 2.45. The van der Waals surface area contributed by atoms with E-state index >= 15 is 0 Å². The van der Waals surface area contributed by atoms with Gasteiger partial charge in [0, 0.05) is 22.9 Å². The first-order valence-electron chi connectivity index (χ1n) is 5.76. The lowest BCUT2D eigenvalue weighted by Gasteiger charge is -1.94. The summed E-state index contributed by atoms with van der Waals surface area (Å²) in [6.07, 6.45) is 0. The molecule has 0 radical (unpaired) electrons. The minimum atomic E-state index is -1.23. The first-order chi connectivity index (χ1) is 9.20. The van der Waals surface area contributed by atoms with Crippen molar-refractivity contribution in [2.45, 2.75) is 0 Å². The second kappa shape index (κ2) is 6.16. The molecular weight excluding hydrogens is 262 g/mol. The van der Waals surface area contributed by atoms with Gasteiger partial charge in [-0.3, -0.25) is 0 Å². The number of aromatic amines is 1. The average molecular weight is 274 g/mol. The number of carbonyl (C=O) groups is 1. The van der Waals surface area contributed by atoms with Crippen molar-refractivity contribution in [3.63, 3.8) is 0 Å². The number of nitrogens with one attached hydrogen (secondary N) is 1. The van der Waals surface area contributed by atoms with Crippen LogP contribution < -0.4 is 10.1 Å². The number of carbonyl (C=O) groups excluding carboxylic acids is 1. The molecule has 0 fully saturated rings. The zero-order valence-corrected chi connectivity index (χ0v) is 10.9. The van der Waals surface area contributed by atoms with Crippen LogP contribution in [-0.2, 0) is 4.79 Å². The van der Waals surface area contributed by atoms with Crippen LogP contribution in [0.15, 0.2) is 54.6 Å². The number of H-pyrrole nitrogens is 1. The third-order valence-corrected chi connectivity index (χ3v) is 2.83. The van der Waals surface area contributed by atoms with Crippen molar-refractivity contribution in [2.75, 3.05) is 5.88 Å². The molecule has 0 unspecified atom stereocenters. The van der Waals surface area contributed by atoms with E-state index in [1.807, 2.05) is 12.1 Å². The summed E-state index contributed by atoms with van der Waals surface area (Å²) < 4.78 is 0. The highest BCUT2D eigenvalue weighted by Crippen LogP contribution is 2.15. The van der Waals surface area contributed by atoms with Crippen LogP contribution >= 0.6 is 11.6 Å². The second-order valence-electron chi connectivity index (χ2n) is 3.95. The molecule has 19 heavy (non-hydrogen) atoms. The van der Waals surface area contributed by atoms with Crippen molar-refractivity contribution in [1.29, 1.82) is 0 Å². The summed E-state index contributed by atoms with van der Waals surface area (Å²) in [4.78, 5) is 12.5. The van der Waals surface area contributed by atoms with Gasteiger partial charge in [-0.05, 0) is 18.2 Å². The molecule has 3 aromatic rings. The van der Waals surface area contributed by atoms with E-state index < -0.39 is 11.8 Å². The van der Waals surface area contributed by atoms with Crippen LogP contribution in [0.4, 0.5) is 0 Å². The van der Waals surface area contributed by atoms with Crippen LogP contribution in [0, 0.1) is 0 Å². The van der Waals surface area contributed by atoms with E-state index in [-0.39, 0.29) is 0 Å². The summed E-state index contributed by atoms with van der Waals surface area (Å²) in [5.74, 6) is -1.65. The number of fused-ring (bicyclic) bond motifs is 2. The number of aliphatic carboxylic acids is 1. The van der Waals surface area contributed by atoms with E-state index in [2.05, 4.69) is 59.0 Å². The van der Waals surface area contributed by atoms with E-state index in [0.29, 0.717) is 0 Å². The van der Waals surface area contributed by atoms with Gasteiger partial charge in [-0.15, -0.1) is 11.6 Å². The normalized spacial score (nSPS) is 9.95. The first kappa shape index (κ1) is 13.3. The smallest absolute Gasteiger partial charge is 0.211 e. The fourth-order valence-corrected chi connectivity index (χ4v) is 1.79. The molecule has 0 atom stereocenters. The molecule has 4 heteroatoms. The lowest BCUT2D eigenvalue weighted by molar-refractivity contribution is -0.310. The molecule has 3 nitrogen and oxygen atoms in total. The van der Waals surface area contributed by atoms with Gasteiger partial charge in [-0.2, -0.15) is 0 Å². The van der Waals surface area contributed by atoms with Crippen LogP contribution in [0.2, 0.25) is 0 Å². The van der Waals surface area contributed by atoms with E-state index in [1.165, 1.54) is 21.8 Å². The topological polar surface area (TPSA) is 54.3 Å². The molecule has 1 N–H and O–H groups in total. The molecule has 0 amide bonds. The van der Waals surface area contributed by atoms with Gasteiger partial charge >= 0.3 is 0 Å². The Morgan fingerprint density at radius 2 is 1.42 bits per heavy atom. The number of carboxylic acid groups (broad SMARTS) is 1. The number of para-hydroxylation sites is 2. The highest BCUT2D eigenvalue weighted by atomic mass is 35.5. The molecule has 0 bridgehead atoms. The number of halogens is 1. The van der Waals surface area contributed by atoms with Crippen LogP contribution in [-0.4, -0.2) is 11.8 Å². The fraction of sp³-hybridized carbons (Fsp3) is 0.0667. The number of benzene rings is 2. The summed E-state index contributed by atoms with van der Waals surface area (Å²) in [6, 6.07) is 18.9. The van der Waals surface area contributed by atoms with Gasteiger partial charge in [0.1, 0.15) is 0 Å². The summed E-state index contributed by atoms with van der Waals surface area (Å²) in [6.45, 7) is 0. The van der Waals surface area contributed by atoms with Crippen molar-refractivity contribution in [3.05, 3.63) is 54.6 Å². The summed E-state index contributed by atoms with van der Waals surface area (Å²) in [5, 5.41) is 11.6. The number of rotatable bonds is 1. The van der Waals surface area contributed by atoms with Crippen LogP contribution in [0.5, 0.6) is 0 Å². The number of carboxylic acids is 1. The van der Waals surface area contributed by atoms with Gasteiger partial charge in [-0.1, -0.05) is 24.3 Å². The first-order valence-corrected chi connectivity index (χ1v) is 6.30. The maximum absolute atomic E-state index is 9.12. The Kier molecular flexibility index (Phi) is 4.31. The molecule has 0 aliphatic rings. The number of alkyl halides is 1. The predicted molar refractivity (Wildman–Crippen MR) is 73.7 cm³/mol. The maximum atomic E-state index is 9.12. The van der Waals surface area contributed by atoms with Gasteiger partial charge in [-0.25, -0.2) is 4.98 Å². The molecule has 0 saturated carbocycles. The van der Waals surface area contributed by atoms with E-state index in [1.54, 1.807) is 0 Å². The SMILES string of the molecule is O=C([O-])CCl.c1ccc2[nH+]c3ccccc3cc2c1. The summed E-state index contributed by atoms with van der Waals surface area (Å²) in [5.41, 5.74) is 2.37. The molecule has 1 aromatic heterocycles. The molecule has 0 aliphatic carbocycles. The minimum Gasteiger partial charge on any atom is -0.549 e. The molecular formula is C15H12ClNO2. The molecule has 0 aliphatic heterocycles. The van der Waals surface area contributed by atoms with Crippen LogP contribution in [0.25, 0.3) is 21.8 Å². The van der Waals surface area contributed by atoms with E-state index in [9.17, 15) is 0 Å². The highest BCUT2D eigenvalue weighted by Gasteiger charge is 2.03. The third-order valence-electron chi connectivity index (χ3n) is 2.61. The molecule has 3 rings (SSSR count). The van der Waals surface area contributed by atoms with Crippen LogP contribution in [0.3, 0.4) is 0 Å². The zero-order valence-electron chi connectivity index (χ0n) is 10.1. The zero-order chi connectivity index (χ0) is 13.7. The largest absolute Gasteiger partial charge is 0.549 e. The monoisotopic (exact) mass is 273 g/mol. The summed E-state index contributed by atoms with van der Waals surface area (Å²) in [7, 11) is 0. The van der Waals surface area contributed by atoms with Crippen molar-refractivity contribution >= 4 is 39.4 Å². The van der Waals surface area contributed by atoms with Gasteiger partial charge in [0.15, 0.2) is 0 Å². The van der Waals surface area contributed by atoms with Gasteiger partial charge < -0.3 is 9.90 Å². The Hall–Kier alpha value is -2.13. The van der Waals surface area contributed by atoms with Crippen molar-refractivity contribution in [2.24, 2.45) is 0 Å². The molecule has 1 heterocycles. The number of hydrogen-bond acceptors (Lipinski definition) is 2. The highest BCUT2D eigenvalue weighted by molar-refractivity contribution is 6.25. The quantitative estimate of drug-likeness (QED) is 0.501. The Labute approximate surface area is 115 Å². The predicted octanol–water partition coefficient (Wildman–Crippen LogP) is 1.78.